The molecule has 0 bridgehead atoms. The number of carbonyl (C=O) groups is 4. The lowest BCUT2D eigenvalue weighted by atomic mass is 10.0. The Hall–Kier alpha value is -4.38. The van der Waals surface area contributed by atoms with Gasteiger partial charge in [0.15, 0.2) is 0 Å². The van der Waals surface area contributed by atoms with Gasteiger partial charge in [-0.15, -0.1) is 0 Å². The summed E-state index contributed by atoms with van der Waals surface area (Å²) >= 11 is 0. The lowest BCUT2D eigenvalue weighted by Gasteiger charge is -2.11. The highest BCUT2D eigenvalue weighted by Crippen LogP contribution is 2.38. The largest absolute Gasteiger partial charge is 0.457 e. The zero-order chi connectivity index (χ0) is 21.5. The third-order valence-electron chi connectivity index (χ3n) is 5.26. The third-order valence-corrected chi connectivity index (χ3v) is 5.26. The van der Waals surface area contributed by atoms with Gasteiger partial charge in [0, 0.05) is 33.0 Å². The summed E-state index contributed by atoms with van der Waals surface area (Å²) in [5, 5.41) is 1.20. The van der Waals surface area contributed by atoms with Gasteiger partial charge in [0.2, 0.25) is 23.1 Å². The van der Waals surface area contributed by atoms with Crippen molar-refractivity contribution in [2.45, 2.75) is 0 Å². The highest BCUT2D eigenvalue weighted by molar-refractivity contribution is 6.57. The van der Waals surface area contributed by atoms with Crippen molar-refractivity contribution in [3.63, 3.8) is 0 Å². The highest BCUT2D eigenvalue weighted by Gasteiger charge is 2.31. The van der Waals surface area contributed by atoms with Crippen LogP contribution in [0.3, 0.4) is 0 Å². The fourth-order valence-corrected chi connectivity index (χ4v) is 3.77. The normalized spacial score (nSPS) is 12.3. The molecule has 4 aromatic rings. The van der Waals surface area contributed by atoms with Crippen molar-refractivity contribution >= 4 is 33.9 Å². The van der Waals surface area contributed by atoms with E-state index in [4.69, 9.17) is 4.74 Å². The summed E-state index contributed by atoms with van der Waals surface area (Å²) in [5.41, 5.74) is 1.25. The number of hydrogen-bond donors (Lipinski definition) is 0. The van der Waals surface area contributed by atoms with E-state index in [0.717, 1.165) is 0 Å². The van der Waals surface area contributed by atoms with E-state index in [9.17, 15) is 19.2 Å². The molecule has 0 amide bonds. The minimum Gasteiger partial charge on any atom is -0.457 e. The summed E-state index contributed by atoms with van der Waals surface area (Å²) in [4.78, 5) is 49.5. The van der Waals surface area contributed by atoms with Gasteiger partial charge in [-0.1, -0.05) is 60.7 Å². The maximum atomic E-state index is 12.7. The Morgan fingerprint density at radius 1 is 0.613 bits per heavy atom. The van der Waals surface area contributed by atoms with E-state index in [0.29, 0.717) is 39.0 Å². The molecule has 0 fully saturated rings. The van der Waals surface area contributed by atoms with Crippen molar-refractivity contribution in [3.8, 4) is 11.5 Å². The predicted molar refractivity (Wildman–Crippen MR) is 114 cm³/mol. The molecular formula is C26H14O5. The van der Waals surface area contributed by atoms with Crippen LogP contribution in [0.25, 0.3) is 10.8 Å². The molecule has 0 heterocycles. The molecule has 0 saturated heterocycles. The quantitative estimate of drug-likeness (QED) is 0.341. The summed E-state index contributed by atoms with van der Waals surface area (Å²) in [6.07, 6.45) is 0. The van der Waals surface area contributed by atoms with E-state index < -0.39 is 23.1 Å². The van der Waals surface area contributed by atoms with Gasteiger partial charge in [0.25, 0.3) is 0 Å². The van der Waals surface area contributed by atoms with Crippen LogP contribution < -0.4 is 4.74 Å². The van der Waals surface area contributed by atoms with Gasteiger partial charge in [-0.3, -0.25) is 19.2 Å². The van der Waals surface area contributed by atoms with Crippen molar-refractivity contribution in [2.75, 3.05) is 0 Å². The topological polar surface area (TPSA) is 77.5 Å². The summed E-state index contributed by atoms with van der Waals surface area (Å²) in [5.74, 6) is -1.46. The number of Topliss-reactive ketones (excluding diaryl/α,β-unsaturated/α-hetero) is 4. The van der Waals surface area contributed by atoms with Crippen molar-refractivity contribution < 1.29 is 23.9 Å². The summed E-state index contributed by atoms with van der Waals surface area (Å²) in [6.45, 7) is 0. The standard InChI is InChI=1S/C26H14O5/c27-23(15-6-2-1-3-7-15)24(28)16-8-4-9-17(14-16)31-21-13-12-20-22-18(21)10-5-11-19(22)25(29)26(20)30/h1-14H. The molecule has 0 aliphatic heterocycles. The highest BCUT2D eigenvalue weighted by atomic mass is 16.5. The third kappa shape index (κ3) is 3.04. The van der Waals surface area contributed by atoms with Crippen LogP contribution in [0.5, 0.6) is 11.5 Å². The molecule has 0 radical (unpaired) electrons. The first-order valence-electron chi connectivity index (χ1n) is 9.61. The number of carbonyl (C=O) groups excluding carboxylic acids is 4. The van der Waals surface area contributed by atoms with Gasteiger partial charge in [0.05, 0.1) is 0 Å². The number of ketones is 4. The second kappa shape index (κ2) is 7.15. The van der Waals surface area contributed by atoms with Gasteiger partial charge in [-0.2, -0.15) is 0 Å². The molecule has 0 aromatic heterocycles. The van der Waals surface area contributed by atoms with Crippen LogP contribution in [0.15, 0.2) is 84.9 Å². The van der Waals surface area contributed by atoms with E-state index in [1.165, 1.54) is 6.07 Å². The monoisotopic (exact) mass is 406 g/mol. The van der Waals surface area contributed by atoms with Gasteiger partial charge >= 0.3 is 0 Å². The Morgan fingerprint density at radius 3 is 2.03 bits per heavy atom. The van der Waals surface area contributed by atoms with Gasteiger partial charge in [-0.05, 0) is 24.3 Å². The Balaban J connectivity index is 1.50. The molecule has 0 atom stereocenters. The van der Waals surface area contributed by atoms with Crippen LogP contribution in [0.2, 0.25) is 0 Å². The zero-order valence-corrected chi connectivity index (χ0v) is 16.1. The van der Waals surface area contributed by atoms with Crippen LogP contribution in [0, 0.1) is 0 Å². The maximum Gasteiger partial charge on any atom is 0.234 e. The summed E-state index contributed by atoms with van der Waals surface area (Å²) in [7, 11) is 0. The van der Waals surface area contributed by atoms with Gasteiger partial charge in [-0.25, -0.2) is 0 Å². The molecule has 0 N–H and O–H groups in total. The van der Waals surface area contributed by atoms with E-state index in [-0.39, 0.29) is 5.56 Å². The molecule has 5 rings (SSSR count). The van der Waals surface area contributed by atoms with Crippen molar-refractivity contribution in [1.29, 1.82) is 0 Å². The lowest BCUT2D eigenvalue weighted by Crippen LogP contribution is -2.14. The average Bonchev–Trinajstić information content (AvgIpc) is 3.07. The average molecular weight is 406 g/mol. The molecule has 5 nitrogen and oxygen atoms in total. The SMILES string of the molecule is O=C(C(=O)c1cccc(Oc2ccc3c4c(cccc24)C(=O)C3=O)c1)c1ccccc1. The fraction of sp³-hybridized carbons (Fsp3) is 0. The van der Waals surface area contributed by atoms with E-state index in [1.54, 1.807) is 78.9 Å². The molecular weight excluding hydrogens is 392 g/mol. The van der Waals surface area contributed by atoms with Crippen LogP contribution >= 0.6 is 0 Å². The van der Waals surface area contributed by atoms with Crippen molar-refractivity contribution in [2.24, 2.45) is 0 Å². The van der Waals surface area contributed by atoms with Crippen LogP contribution in [0.1, 0.15) is 41.4 Å². The van der Waals surface area contributed by atoms with Crippen molar-refractivity contribution in [3.05, 3.63) is 107 Å². The number of hydrogen-bond acceptors (Lipinski definition) is 5. The van der Waals surface area contributed by atoms with Crippen LogP contribution in [0.4, 0.5) is 0 Å². The Kier molecular flexibility index (Phi) is 4.30. The second-order valence-electron chi connectivity index (χ2n) is 7.15. The number of benzene rings is 4. The summed E-state index contributed by atoms with van der Waals surface area (Å²) in [6, 6.07) is 23.0. The van der Waals surface area contributed by atoms with E-state index in [2.05, 4.69) is 0 Å². The maximum absolute atomic E-state index is 12.7. The minimum atomic E-state index is -0.631. The molecule has 0 spiro atoms. The van der Waals surface area contributed by atoms with Crippen LogP contribution in [-0.2, 0) is 0 Å². The first-order valence-corrected chi connectivity index (χ1v) is 9.61. The van der Waals surface area contributed by atoms with Gasteiger partial charge in [0.1, 0.15) is 11.5 Å². The minimum absolute atomic E-state index is 0.211. The first kappa shape index (κ1) is 18.6. The number of rotatable bonds is 5. The van der Waals surface area contributed by atoms with Crippen LogP contribution in [-0.4, -0.2) is 23.1 Å². The smallest absolute Gasteiger partial charge is 0.234 e. The summed E-state index contributed by atoms with van der Waals surface area (Å²) < 4.78 is 5.99. The predicted octanol–water partition coefficient (Wildman–Crippen LogP) is 5.08. The zero-order valence-electron chi connectivity index (χ0n) is 16.1. The molecule has 4 aromatic carbocycles. The van der Waals surface area contributed by atoms with E-state index in [1.807, 2.05) is 0 Å². The molecule has 5 heteroatoms. The Morgan fingerprint density at radius 2 is 1.26 bits per heavy atom. The first-order chi connectivity index (χ1) is 15.0. The Bertz CT molecular complexity index is 1400. The molecule has 31 heavy (non-hydrogen) atoms. The number of ether oxygens (including phenoxy) is 1. The molecule has 0 unspecified atom stereocenters. The lowest BCUT2D eigenvalue weighted by molar-refractivity contribution is 0.0817. The molecule has 148 valence electrons. The van der Waals surface area contributed by atoms with Gasteiger partial charge < -0.3 is 4.74 Å². The Labute approximate surface area is 176 Å². The second-order valence-corrected chi connectivity index (χ2v) is 7.15. The van der Waals surface area contributed by atoms with E-state index >= 15 is 0 Å². The van der Waals surface area contributed by atoms with Crippen molar-refractivity contribution in [1.82, 2.24) is 0 Å². The fourth-order valence-electron chi connectivity index (χ4n) is 3.77. The molecule has 1 aliphatic rings. The molecule has 0 saturated carbocycles. The molecule has 1 aliphatic carbocycles.